The average Bonchev–Trinajstić information content (AvgIpc) is 3.56. The molecule has 36 heavy (non-hydrogen) atoms. The number of thiophene rings is 1. The van der Waals surface area contributed by atoms with Gasteiger partial charge in [-0.25, -0.2) is 4.98 Å². The third-order valence-electron chi connectivity index (χ3n) is 5.65. The summed E-state index contributed by atoms with van der Waals surface area (Å²) >= 11 is 9.79. The fraction of sp³-hybridized carbons (Fsp3) is 0.217. The molecule has 1 aliphatic heterocycles. The summed E-state index contributed by atoms with van der Waals surface area (Å²) in [5, 5.41) is 24.1. The SMILES string of the molecule is N#CC1=C(N)N(c2nnc(SCC(=O)Nc3ccc(Cl)cn3)s2)C2=C(C(=O)CCC2)C1c1cccs1. The van der Waals surface area contributed by atoms with Crippen molar-refractivity contribution < 1.29 is 9.59 Å². The van der Waals surface area contributed by atoms with E-state index in [0.717, 1.165) is 10.6 Å². The van der Waals surface area contributed by atoms with Crippen LogP contribution in [0.3, 0.4) is 0 Å². The van der Waals surface area contributed by atoms with E-state index in [1.165, 1.54) is 40.6 Å². The van der Waals surface area contributed by atoms with Crippen molar-refractivity contribution in [3.05, 3.63) is 68.4 Å². The lowest BCUT2D eigenvalue weighted by Crippen LogP contribution is -2.38. The van der Waals surface area contributed by atoms with E-state index in [0.29, 0.717) is 50.7 Å². The van der Waals surface area contributed by atoms with Gasteiger partial charge in [0.2, 0.25) is 11.0 Å². The molecule has 1 aliphatic carbocycles. The van der Waals surface area contributed by atoms with Gasteiger partial charge in [0.15, 0.2) is 10.1 Å². The first-order valence-electron chi connectivity index (χ1n) is 10.8. The maximum Gasteiger partial charge on any atom is 0.235 e. The minimum Gasteiger partial charge on any atom is -0.384 e. The first-order chi connectivity index (χ1) is 17.5. The molecule has 0 fully saturated rings. The first-order valence-corrected chi connectivity index (χ1v) is 13.9. The molecule has 0 spiro atoms. The van der Waals surface area contributed by atoms with E-state index in [1.807, 2.05) is 17.5 Å². The Bertz CT molecular complexity index is 1420. The highest BCUT2D eigenvalue weighted by molar-refractivity contribution is 8.01. The zero-order valence-electron chi connectivity index (χ0n) is 18.6. The van der Waals surface area contributed by atoms with E-state index >= 15 is 0 Å². The summed E-state index contributed by atoms with van der Waals surface area (Å²) in [6.07, 6.45) is 3.22. The third-order valence-corrected chi connectivity index (χ3v) is 8.85. The van der Waals surface area contributed by atoms with Crippen LogP contribution in [0.5, 0.6) is 0 Å². The van der Waals surface area contributed by atoms with Crippen LogP contribution in [-0.4, -0.2) is 32.6 Å². The molecule has 0 saturated carbocycles. The van der Waals surface area contributed by atoms with Crippen molar-refractivity contribution in [1.82, 2.24) is 15.2 Å². The summed E-state index contributed by atoms with van der Waals surface area (Å²) in [6, 6.07) is 9.32. The molecule has 3 aromatic rings. The molecular weight excluding hydrogens is 538 g/mol. The molecule has 0 bridgehead atoms. The molecule has 0 aromatic carbocycles. The van der Waals surface area contributed by atoms with Crippen LogP contribution in [0.4, 0.5) is 10.9 Å². The smallest absolute Gasteiger partial charge is 0.235 e. The van der Waals surface area contributed by atoms with Gasteiger partial charge in [-0.15, -0.1) is 21.5 Å². The number of nitrogens with one attached hydrogen (secondary N) is 1. The van der Waals surface area contributed by atoms with Gasteiger partial charge >= 0.3 is 0 Å². The highest BCUT2D eigenvalue weighted by atomic mass is 35.5. The van der Waals surface area contributed by atoms with Gasteiger partial charge in [0.25, 0.3) is 0 Å². The maximum atomic E-state index is 13.1. The number of nitrogens with two attached hydrogens (primary N) is 1. The Morgan fingerprint density at radius 2 is 2.19 bits per heavy atom. The Morgan fingerprint density at radius 1 is 1.33 bits per heavy atom. The number of pyridine rings is 1. The highest BCUT2D eigenvalue weighted by Crippen LogP contribution is 2.47. The van der Waals surface area contributed by atoms with Crippen molar-refractivity contribution in [2.24, 2.45) is 5.73 Å². The second-order valence-corrected chi connectivity index (χ2v) is 11.5. The number of thioether (sulfide) groups is 1. The van der Waals surface area contributed by atoms with Crippen molar-refractivity contribution in [2.45, 2.75) is 29.5 Å². The number of halogens is 1. The minimum absolute atomic E-state index is 0.0199. The van der Waals surface area contributed by atoms with Crippen LogP contribution in [-0.2, 0) is 9.59 Å². The standard InChI is InChI=1S/C23H18ClN7O2S3/c24-12-6-7-17(27-10-12)28-18(33)11-35-23-30-29-22(36-23)31-14-3-1-4-15(32)20(14)19(13(9-25)21(31)26)16-5-2-8-34-16/h2,5-8,10,19H,1,3-4,11,26H2,(H,27,28,33). The zero-order chi connectivity index (χ0) is 25.2. The van der Waals surface area contributed by atoms with E-state index in [9.17, 15) is 14.9 Å². The molecule has 3 aromatic heterocycles. The number of carbonyl (C=O) groups is 2. The largest absolute Gasteiger partial charge is 0.384 e. The molecular formula is C23H18ClN7O2S3. The molecule has 1 amide bonds. The van der Waals surface area contributed by atoms with Crippen LogP contribution in [0.25, 0.3) is 0 Å². The predicted molar refractivity (Wildman–Crippen MR) is 141 cm³/mol. The summed E-state index contributed by atoms with van der Waals surface area (Å²) in [5.74, 6) is 0.0500. The lowest BCUT2D eigenvalue weighted by atomic mass is 9.78. The van der Waals surface area contributed by atoms with Crippen molar-refractivity contribution in [2.75, 3.05) is 16.0 Å². The lowest BCUT2D eigenvalue weighted by molar-refractivity contribution is -0.116. The Hall–Kier alpha value is -3.24. The fourth-order valence-electron chi connectivity index (χ4n) is 4.15. The van der Waals surface area contributed by atoms with Crippen LogP contribution in [0.1, 0.15) is 30.1 Å². The molecule has 1 unspecified atom stereocenters. The molecule has 0 saturated heterocycles. The molecule has 1 atom stereocenters. The van der Waals surface area contributed by atoms with Crippen LogP contribution >= 0.6 is 46.0 Å². The van der Waals surface area contributed by atoms with E-state index < -0.39 is 5.92 Å². The van der Waals surface area contributed by atoms with Crippen molar-refractivity contribution >= 4 is 68.7 Å². The molecule has 9 nitrogen and oxygen atoms in total. The molecule has 0 radical (unpaired) electrons. The number of carbonyl (C=O) groups excluding carboxylic acids is 2. The Labute approximate surface area is 223 Å². The second-order valence-electron chi connectivity index (χ2n) is 7.88. The van der Waals surface area contributed by atoms with Crippen molar-refractivity contribution in [3.63, 3.8) is 0 Å². The fourth-order valence-corrected chi connectivity index (χ4v) is 6.79. The molecule has 182 valence electrons. The Kier molecular flexibility index (Phi) is 7.06. The van der Waals surface area contributed by atoms with Gasteiger partial charge in [-0.2, -0.15) is 5.26 Å². The number of amides is 1. The molecule has 4 heterocycles. The number of rotatable bonds is 6. The normalized spacial score (nSPS) is 17.7. The van der Waals surface area contributed by atoms with Gasteiger partial charge in [-0.1, -0.05) is 40.8 Å². The third kappa shape index (κ3) is 4.75. The summed E-state index contributed by atoms with van der Waals surface area (Å²) in [6.45, 7) is 0. The number of nitriles is 1. The van der Waals surface area contributed by atoms with Crippen LogP contribution < -0.4 is 16.0 Å². The molecule has 3 N–H and O–H groups in total. The minimum atomic E-state index is -0.471. The number of aromatic nitrogens is 3. The van der Waals surface area contributed by atoms with E-state index in [2.05, 4.69) is 26.6 Å². The van der Waals surface area contributed by atoms with Crippen LogP contribution in [0, 0.1) is 11.3 Å². The van der Waals surface area contributed by atoms with E-state index in [4.69, 9.17) is 17.3 Å². The van der Waals surface area contributed by atoms with Crippen LogP contribution in [0.2, 0.25) is 5.02 Å². The topological polar surface area (TPSA) is 138 Å². The number of anilines is 2. The number of allylic oxidation sites excluding steroid dienone is 3. The predicted octanol–water partition coefficient (Wildman–Crippen LogP) is 4.68. The quantitative estimate of drug-likeness (QED) is 0.415. The van der Waals surface area contributed by atoms with E-state index in [1.54, 1.807) is 17.0 Å². The highest BCUT2D eigenvalue weighted by Gasteiger charge is 2.41. The number of hydrogen-bond donors (Lipinski definition) is 2. The monoisotopic (exact) mass is 555 g/mol. The average molecular weight is 556 g/mol. The first kappa shape index (κ1) is 24.5. The molecule has 2 aliphatic rings. The maximum absolute atomic E-state index is 13.1. The molecule has 5 rings (SSSR count). The summed E-state index contributed by atoms with van der Waals surface area (Å²) < 4.78 is 0.556. The summed E-state index contributed by atoms with van der Waals surface area (Å²) in [7, 11) is 0. The second kappa shape index (κ2) is 10.4. The summed E-state index contributed by atoms with van der Waals surface area (Å²) in [5.41, 5.74) is 8.23. The van der Waals surface area contributed by atoms with Crippen LogP contribution in [0.15, 0.2) is 62.8 Å². The van der Waals surface area contributed by atoms with Crippen molar-refractivity contribution in [3.8, 4) is 6.07 Å². The van der Waals surface area contributed by atoms with Crippen molar-refractivity contribution in [1.29, 1.82) is 5.26 Å². The van der Waals surface area contributed by atoms with Gasteiger partial charge in [-0.3, -0.25) is 14.5 Å². The summed E-state index contributed by atoms with van der Waals surface area (Å²) in [4.78, 5) is 32.0. The lowest BCUT2D eigenvalue weighted by Gasteiger charge is -2.37. The number of nitrogens with zero attached hydrogens (tertiary/aromatic N) is 5. The van der Waals surface area contributed by atoms with Gasteiger partial charge in [0.1, 0.15) is 11.6 Å². The zero-order valence-corrected chi connectivity index (χ0v) is 21.8. The molecule has 13 heteroatoms. The number of hydrogen-bond acceptors (Lipinski definition) is 11. The Balaban J connectivity index is 1.39. The van der Waals surface area contributed by atoms with Gasteiger partial charge in [0, 0.05) is 28.8 Å². The van der Waals surface area contributed by atoms with Gasteiger partial charge < -0.3 is 11.1 Å². The van der Waals surface area contributed by atoms with Gasteiger partial charge in [0.05, 0.1) is 28.3 Å². The number of Topliss-reactive ketones (excluding diaryl/α,β-unsaturated/α-hetero) is 1. The van der Waals surface area contributed by atoms with E-state index in [-0.39, 0.29) is 23.3 Å². The number of ketones is 1. The van der Waals surface area contributed by atoms with Gasteiger partial charge in [-0.05, 0) is 36.4 Å². The Morgan fingerprint density at radius 3 is 2.92 bits per heavy atom.